The third kappa shape index (κ3) is 2.10. The molecule has 3 rings (SSSR count). The number of nitrogen functional groups attached to an aromatic ring is 1. The van der Waals surface area contributed by atoms with Crippen molar-refractivity contribution in [3.63, 3.8) is 0 Å². The fourth-order valence-corrected chi connectivity index (χ4v) is 3.43. The number of nitrogens with two attached hydrogens (primary N) is 1. The van der Waals surface area contributed by atoms with Gasteiger partial charge in [-0.3, -0.25) is 4.79 Å². The third-order valence-electron chi connectivity index (χ3n) is 3.54. The maximum Gasteiger partial charge on any atom is 0.272 e. The van der Waals surface area contributed by atoms with E-state index in [0.29, 0.717) is 11.4 Å². The molecule has 0 saturated heterocycles. The van der Waals surface area contributed by atoms with Crippen molar-refractivity contribution in [2.75, 3.05) is 12.3 Å². The standard InChI is InChI=1S/C14H15N3OS/c1-9-11-5-7-19-13(11)4-6-17(9)14(18)12-3-2-10(15)8-16-12/h2-3,5,7-9H,4,6,15H2,1H3. The van der Waals surface area contributed by atoms with Crippen molar-refractivity contribution >= 4 is 22.9 Å². The van der Waals surface area contributed by atoms with Crippen molar-refractivity contribution in [3.05, 3.63) is 45.9 Å². The molecule has 19 heavy (non-hydrogen) atoms. The summed E-state index contributed by atoms with van der Waals surface area (Å²) >= 11 is 1.77. The first-order valence-corrected chi connectivity index (χ1v) is 7.13. The summed E-state index contributed by atoms with van der Waals surface area (Å²) in [6.45, 7) is 2.82. The minimum absolute atomic E-state index is 0.0237. The summed E-state index contributed by atoms with van der Waals surface area (Å²) in [5.41, 5.74) is 7.89. The summed E-state index contributed by atoms with van der Waals surface area (Å²) in [4.78, 5) is 19.9. The van der Waals surface area contributed by atoms with Crippen molar-refractivity contribution in [2.45, 2.75) is 19.4 Å². The van der Waals surface area contributed by atoms with Crippen LogP contribution in [0.5, 0.6) is 0 Å². The number of pyridine rings is 1. The monoisotopic (exact) mass is 273 g/mol. The molecule has 2 aromatic rings. The van der Waals surface area contributed by atoms with Gasteiger partial charge in [0.15, 0.2) is 0 Å². The summed E-state index contributed by atoms with van der Waals surface area (Å²) in [7, 11) is 0. The molecule has 98 valence electrons. The molecule has 2 aromatic heterocycles. The number of carbonyl (C=O) groups excluding carboxylic acids is 1. The van der Waals surface area contributed by atoms with Gasteiger partial charge in [0.25, 0.3) is 5.91 Å². The highest BCUT2D eigenvalue weighted by atomic mass is 32.1. The largest absolute Gasteiger partial charge is 0.397 e. The van der Waals surface area contributed by atoms with Gasteiger partial charge < -0.3 is 10.6 Å². The van der Waals surface area contributed by atoms with Crippen LogP contribution in [0.2, 0.25) is 0 Å². The van der Waals surface area contributed by atoms with Crippen LogP contribution in [0.15, 0.2) is 29.8 Å². The van der Waals surface area contributed by atoms with Gasteiger partial charge in [0, 0.05) is 11.4 Å². The molecule has 0 bridgehead atoms. The van der Waals surface area contributed by atoms with Crippen molar-refractivity contribution in [1.82, 2.24) is 9.88 Å². The van der Waals surface area contributed by atoms with E-state index < -0.39 is 0 Å². The number of hydrogen-bond donors (Lipinski definition) is 1. The topological polar surface area (TPSA) is 59.2 Å². The van der Waals surface area contributed by atoms with Gasteiger partial charge in [-0.05, 0) is 42.5 Å². The summed E-state index contributed by atoms with van der Waals surface area (Å²) in [5.74, 6) is -0.0237. The van der Waals surface area contributed by atoms with Crippen LogP contribution in [-0.2, 0) is 6.42 Å². The average molecular weight is 273 g/mol. The van der Waals surface area contributed by atoms with Crippen molar-refractivity contribution in [1.29, 1.82) is 0 Å². The molecule has 1 aliphatic heterocycles. The number of hydrogen-bond acceptors (Lipinski definition) is 4. The molecule has 2 N–H and O–H groups in total. The van der Waals surface area contributed by atoms with Crippen LogP contribution in [0.1, 0.15) is 33.9 Å². The van der Waals surface area contributed by atoms with Gasteiger partial charge in [-0.25, -0.2) is 4.98 Å². The van der Waals surface area contributed by atoms with Gasteiger partial charge in [0.2, 0.25) is 0 Å². The van der Waals surface area contributed by atoms with E-state index in [2.05, 4.69) is 23.4 Å². The maximum absolute atomic E-state index is 12.5. The molecule has 0 fully saturated rings. The van der Waals surface area contributed by atoms with E-state index in [1.54, 1.807) is 23.5 Å². The number of fused-ring (bicyclic) bond motifs is 1. The first-order valence-electron chi connectivity index (χ1n) is 6.25. The third-order valence-corrected chi connectivity index (χ3v) is 4.54. The number of nitrogens with zero attached hydrogens (tertiary/aromatic N) is 2. The van der Waals surface area contributed by atoms with Gasteiger partial charge in [-0.2, -0.15) is 0 Å². The zero-order valence-corrected chi connectivity index (χ0v) is 11.5. The van der Waals surface area contributed by atoms with E-state index in [0.717, 1.165) is 13.0 Å². The molecule has 0 spiro atoms. The Hall–Kier alpha value is -1.88. The quantitative estimate of drug-likeness (QED) is 0.868. The first kappa shape index (κ1) is 12.2. The van der Waals surface area contributed by atoms with E-state index in [4.69, 9.17) is 5.73 Å². The van der Waals surface area contributed by atoms with Gasteiger partial charge in [-0.1, -0.05) is 0 Å². The molecule has 5 heteroatoms. The zero-order valence-electron chi connectivity index (χ0n) is 10.7. The predicted octanol–water partition coefficient (Wildman–Crippen LogP) is 2.48. The second-order valence-electron chi connectivity index (χ2n) is 4.70. The van der Waals surface area contributed by atoms with Crippen LogP contribution in [0.4, 0.5) is 5.69 Å². The minimum Gasteiger partial charge on any atom is -0.397 e. The summed E-state index contributed by atoms with van der Waals surface area (Å²) in [6, 6.07) is 5.63. The van der Waals surface area contributed by atoms with Crippen LogP contribution in [0.25, 0.3) is 0 Å². The lowest BCUT2D eigenvalue weighted by atomic mass is 10.0. The normalized spacial score (nSPS) is 18.2. The van der Waals surface area contributed by atoms with Gasteiger partial charge in [-0.15, -0.1) is 11.3 Å². The Bertz CT molecular complexity index is 605. The highest BCUT2D eigenvalue weighted by molar-refractivity contribution is 7.10. The fraction of sp³-hybridized carbons (Fsp3) is 0.286. The van der Waals surface area contributed by atoms with E-state index >= 15 is 0 Å². The molecule has 0 radical (unpaired) electrons. The molecule has 1 atom stereocenters. The minimum atomic E-state index is -0.0237. The Morgan fingerprint density at radius 1 is 1.47 bits per heavy atom. The first-order chi connectivity index (χ1) is 9.16. The van der Waals surface area contributed by atoms with Crippen molar-refractivity contribution in [3.8, 4) is 0 Å². The number of thiophene rings is 1. The molecule has 0 aromatic carbocycles. The summed E-state index contributed by atoms with van der Waals surface area (Å²) in [5, 5.41) is 2.09. The van der Waals surface area contributed by atoms with Gasteiger partial charge in [0.05, 0.1) is 17.9 Å². The number of aromatic nitrogens is 1. The molecule has 3 heterocycles. The lowest BCUT2D eigenvalue weighted by molar-refractivity contribution is 0.0673. The number of rotatable bonds is 1. The molecule has 1 unspecified atom stereocenters. The maximum atomic E-state index is 12.5. The van der Waals surface area contributed by atoms with Gasteiger partial charge >= 0.3 is 0 Å². The number of carbonyl (C=O) groups is 1. The van der Waals surface area contributed by atoms with Gasteiger partial charge in [0.1, 0.15) is 5.69 Å². The molecule has 1 amide bonds. The molecule has 0 saturated carbocycles. The molecular formula is C14H15N3OS. The Balaban J connectivity index is 1.87. The smallest absolute Gasteiger partial charge is 0.272 e. The van der Waals surface area contributed by atoms with Crippen molar-refractivity contribution in [2.24, 2.45) is 0 Å². The van der Waals surface area contributed by atoms with E-state index in [1.807, 2.05) is 4.90 Å². The fourth-order valence-electron chi connectivity index (χ4n) is 2.47. The number of anilines is 1. The highest BCUT2D eigenvalue weighted by Gasteiger charge is 2.29. The molecular weight excluding hydrogens is 258 g/mol. The Morgan fingerprint density at radius 2 is 2.32 bits per heavy atom. The van der Waals surface area contributed by atoms with Crippen LogP contribution in [-0.4, -0.2) is 22.3 Å². The van der Waals surface area contributed by atoms with Crippen LogP contribution in [0.3, 0.4) is 0 Å². The molecule has 0 aliphatic carbocycles. The van der Waals surface area contributed by atoms with E-state index in [1.165, 1.54) is 16.6 Å². The van der Waals surface area contributed by atoms with Crippen LogP contribution in [0, 0.1) is 0 Å². The second kappa shape index (κ2) is 4.66. The molecule has 4 nitrogen and oxygen atoms in total. The Morgan fingerprint density at radius 3 is 3.05 bits per heavy atom. The van der Waals surface area contributed by atoms with E-state index in [9.17, 15) is 4.79 Å². The zero-order chi connectivity index (χ0) is 13.4. The summed E-state index contributed by atoms with van der Waals surface area (Å²) in [6.07, 6.45) is 2.45. The second-order valence-corrected chi connectivity index (χ2v) is 5.70. The Kier molecular flexibility index (Phi) is 2.98. The summed E-state index contributed by atoms with van der Waals surface area (Å²) < 4.78 is 0. The lowest BCUT2D eigenvalue weighted by Gasteiger charge is -2.33. The molecule has 1 aliphatic rings. The Labute approximate surface area is 115 Å². The number of amides is 1. The van der Waals surface area contributed by atoms with Crippen LogP contribution < -0.4 is 5.73 Å². The van der Waals surface area contributed by atoms with Crippen LogP contribution >= 0.6 is 11.3 Å². The van der Waals surface area contributed by atoms with Crippen molar-refractivity contribution < 1.29 is 4.79 Å². The average Bonchev–Trinajstić information content (AvgIpc) is 2.88. The van der Waals surface area contributed by atoms with E-state index in [-0.39, 0.29) is 11.9 Å². The SMILES string of the molecule is CC1c2ccsc2CCN1C(=O)c1ccc(N)cn1. The predicted molar refractivity (Wildman–Crippen MR) is 76.1 cm³/mol. The highest BCUT2D eigenvalue weighted by Crippen LogP contribution is 2.33. The lowest BCUT2D eigenvalue weighted by Crippen LogP contribution is -2.38.